The molecule has 0 aliphatic carbocycles. The van der Waals surface area contributed by atoms with E-state index in [1.807, 2.05) is 0 Å². The first kappa shape index (κ1) is 15.4. The molecule has 0 heterocycles. The van der Waals surface area contributed by atoms with Crippen LogP contribution in [-0.4, -0.2) is 6.54 Å². The maximum absolute atomic E-state index is 5.39. The van der Waals surface area contributed by atoms with E-state index in [0.29, 0.717) is 0 Å². The lowest BCUT2D eigenvalue weighted by Crippen LogP contribution is -2.02. The molecule has 6 N–H and O–H groups in total. The molecule has 0 aliphatic rings. The molecule has 3 nitrogen and oxygen atoms in total. The molecule has 0 spiro atoms. The van der Waals surface area contributed by atoms with E-state index in [-0.39, 0.29) is 0 Å². The van der Waals surface area contributed by atoms with E-state index in [1.165, 1.54) is 51.4 Å². The van der Waals surface area contributed by atoms with Crippen molar-refractivity contribution in [2.24, 2.45) is 17.4 Å². The standard InChI is InChI=1S/C10H23N.H4N2/c1-2-3-4-5-6-7-8-9-10-11;1-2/h2-11H2,1H3;1-2H2. The Morgan fingerprint density at radius 1 is 0.692 bits per heavy atom. The van der Waals surface area contributed by atoms with Gasteiger partial charge in [-0.05, 0) is 13.0 Å². The summed E-state index contributed by atoms with van der Waals surface area (Å²) in [5, 5.41) is 0. The second-order valence-electron chi connectivity index (χ2n) is 3.26. The topological polar surface area (TPSA) is 78.1 Å². The average Bonchev–Trinajstić information content (AvgIpc) is 2.20. The van der Waals surface area contributed by atoms with Gasteiger partial charge in [-0.25, -0.2) is 0 Å². The third-order valence-electron chi connectivity index (χ3n) is 2.06. The van der Waals surface area contributed by atoms with Crippen LogP contribution in [0.15, 0.2) is 0 Å². The maximum Gasteiger partial charge on any atom is -0.00773 e. The summed E-state index contributed by atoms with van der Waals surface area (Å²) < 4.78 is 0. The van der Waals surface area contributed by atoms with Crippen molar-refractivity contribution in [2.75, 3.05) is 6.54 Å². The molecule has 0 radical (unpaired) electrons. The van der Waals surface area contributed by atoms with E-state index in [0.717, 1.165) is 6.54 Å². The van der Waals surface area contributed by atoms with Crippen LogP contribution in [0.1, 0.15) is 58.3 Å². The van der Waals surface area contributed by atoms with E-state index >= 15 is 0 Å². The summed E-state index contributed by atoms with van der Waals surface area (Å²) in [5.74, 6) is 8.00. The largest absolute Gasteiger partial charge is 0.330 e. The Bertz CT molecular complexity index is 59.2. The van der Waals surface area contributed by atoms with Gasteiger partial charge in [0.05, 0.1) is 0 Å². The first-order chi connectivity index (χ1) is 6.41. The van der Waals surface area contributed by atoms with Gasteiger partial charge in [0.2, 0.25) is 0 Å². The molecule has 0 bridgehead atoms. The first-order valence-corrected chi connectivity index (χ1v) is 5.45. The van der Waals surface area contributed by atoms with E-state index in [2.05, 4.69) is 18.6 Å². The zero-order valence-corrected chi connectivity index (χ0v) is 9.10. The Labute approximate surface area is 83.0 Å². The predicted molar refractivity (Wildman–Crippen MR) is 60.0 cm³/mol. The number of hydrazine groups is 1. The van der Waals surface area contributed by atoms with E-state index < -0.39 is 0 Å². The van der Waals surface area contributed by atoms with Gasteiger partial charge in [-0.3, -0.25) is 11.7 Å². The van der Waals surface area contributed by atoms with Crippen LogP contribution in [0.2, 0.25) is 0 Å². The van der Waals surface area contributed by atoms with Crippen LogP contribution in [0.4, 0.5) is 0 Å². The van der Waals surface area contributed by atoms with E-state index in [9.17, 15) is 0 Å². The van der Waals surface area contributed by atoms with Crippen LogP contribution in [0.3, 0.4) is 0 Å². The fourth-order valence-electron chi connectivity index (χ4n) is 1.28. The summed E-state index contributed by atoms with van der Waals surface area (Å²) >= 11 is 0. The second kappa shape index (κ2) is 17.8. The van der Waals surface area contributed by atoms with E-state index in [1.54, 1.807) is 0 Å². The Morgan fingerprint density at radius 3 is 1.46 bits per heavy atom. The number of unbranched alkanes of at least 4 members (excludes halogenated alkanes) is 7. The van der Waals surface area contributed by atoms with Crippen molar-refractivity contribution in [3.8, 4) is 0 Å². The van der Waals surface area contributed by atoms with Gasteiger partial charge >= 0.3 is 0 Å². The fourth-order valence-corrected chi connectivity index (χ4v) is 1.28. The summed E-state index contributed by atoms with van der Waals surface area (Å²) in [6, 6.07) is 0. The minimum absolute atomic E-state index is 0.870. The molecule has 0 amide bonds. The van der Waals surface area contributed by atoms with Crippen LogP contribution < -0.4 is 17.4 Å². The SMILES string of the molecule is CCCCCCCCCCN.NN. The molecule has 0 rings (SSSR count). The smallest absolute Gasteiger partial charge is 0.00773 e. The van der Waals surface area contributed by atoms with Gasteiger partial charge in [0.15, 0.2) is 0 Å². The number of nitrogens with two attached hydrogens (primary N) is 3. The minimum atomic E-state index is 0.870. The molecular weight excluding hydrogens is 162 g/mol. The summed E-state index contributed by atoms with van der Waals surface area (Å²) in [5.41, 5.74) is 5.39. The van der Waals surface area contributed by atoms with Gasteiger partial charge in [0, 0.05) is 0 Å². The van der Waals surface area contributed by atoms with Crippen LogP contribution in [0.5, 0.6) is 0 Å². The molecule has 0 aromatic heterocycles. The van der Waals surface area contributed by atoms with Crippen molar-refractivity contribution >= 4 is 0 Å². The van der Waals surface area contributed by atoms with Crippen molar-refractivity contribution in [1.29, 1.82) is 0 Å². The summed E-state index contributed by atoms with van der Waals surface area (Å²) in [7, 11) is 0. The Hall–Kier alpha value is -0.120. The summed E-state index contributed by atoms with van der Waals surface area (Å²) in [6.45, 7) is 3.13. The Balaban J connectivity index is 0. The highest BCUT2D eigenvalue weighted by Crippen LogP contribution is 2.07. The highest BCUT2D eigenvalue weighted by molar-refractivity contribution is 4.45. The molecule has 0 saturated heterocycles. The zero-order chi connectivity index (χ0) is 10.4. The average molecular weight is 189 g/mol. The lowest BCUT2D eigenvalue weighted by atomic mass is 10.1. The third-order valence-corrected chi connectivity index (χ3v) is 2.06. The zero-order valence-electron chi connectivity index (χ0n) is 9.10. The maximum atomic E-state index is 5.39. The molecular formula is C10H27N3. The Kier molecular flexibility index (Phi) is 21.1. The van der Waals surface area contributed by atoms with Crippen LogP contribution in [-0.2, 0) is 0 Å². The van der Waals surface area contributed by atoms with Gasteiger partial charge in [-0.2, -0.15) is 0 Å². The normalized spacial score (nSPS) is 9.23. The van der Waals surface area contributed by atoms with Crippen molar-refractivity contribution in [3.63, 3.8) is 0 Å². The highest BCUT2D eigenvalue weighted by Gasteiger charge is 1.89. The summed E-state index contributed by atoms with van der Waals surface area (Å²) in [4.78, 5) is 0. The van der Waals surface area contributed by atoms with Crippen molar-refractivity contribution < 1.29 is 0 Å². The molecule has 0 aromatic rings. The molecule has 0 saturated carbocycles. The number of rotatable bonds is 8. The third kappa shape index (κ3) is 18.7. The van der Waals surface area contributed by atoms with Gasteiger partial charge in [-0.1, -0.05) is 51.9 Å². The second-order valence-corrected chi connectivity index (χ2v) is 3.26. The lowest BCUT2D eigenvalue weighted by molar-refractivity contribution is 0.578. The molecule has 0 unspecified atom stereocenters. The molecule has 13 heavy (non-hydrogen) atoms. The number of hydrogen-bond donors (Lipinski definition) is 3. The summed E-state index contributed by atoms with van der Waals surface area (Å²) in [6.07, 6.45) is 11.0. The van der Waals surface area contributed by atoms with Crippen molar-refractivity contribution in [1.82, 2.24) is 0 Å². The number of hydrogen-bond acceptors (Lipinski definition) is 3. The van der Waals surface area contributed by atoms with Crippen LogP contribution in [0, 0.1) is 0 Å². The predicted octanol–water partition coefficient (Wildman–Crippen LogP) is 1.90. The molecule has 0 atom stereocenters. The van der Waals surface area contributed by atoms with Gasteiger partial charge in [-0.15, -0.1) is 0 Å². The first-order valence-electron chi connectivity index (χ1n) is 5.45. The van der Waals surface area contributed by atoms with Crippen LogP contribution in [0.25, 0.3) is 0 Å². The van der Waals surface area contributed by atoms with Gasteiger partial charge in [0.25, 0.3) is 0 Å². The molecule has 0 aromatic carbocycles. The van der Waals surface area contributed by atoms with Gasteiger partial charge < -0.3 is 5.73 Å². The van der Waals surface area contributed by atoms with E-state index in [4.69, 9.17) is 5.73 Å². The van der Waals surface area contributed by atoms with Crippen molar-refractivity contribution in [3.05, 3.63) is 0 Å². The minimum Gasteiger partial charge on any atom is -0.330 e. The Morgan fingerprint density at radius 2 is 1.08 bits per heavy atom. The highest BCUT2D eigenvalue weighted by atomic mass is 15.0. The van der Waals surface area contributed by atoms with Crippen molar-refractivity contribution in [2.45, 2.75) is 58.3 Å². The molecule has 3 heteroatoms. The quantitative estimate of drug-likeness (QED) is 0.310. The van der Waals surface area contributed by atoms with Gasteiger partial charge in [0.1, 0.15) is 0 Å². The molecule has 82 valence electrons. The lowest BCUT2D eigenvalue weighted by Gasteiger charge is -1.99. The molecule has 0 aliphatic heterocycles. The van der Waals surface area contributed by atoms with Crippen LogP contribution >= 0.6 is 0 Å². The fraction of sp³-hybridized carbons (Fsp3) is 1.00. The monoisotopic (exact) mass is 189 g/mol. The molecule has 0 fully saturated rings.